The molecule has 0 unspecified atom stereocenters. The Bertz CT molecular complexity index is 230. The van der Waals surface area contributed by atoms with Gasteiger partial charge in [0.15, 0.2) is 0 Å². The second kappa shape index (κ2) is 4.61. The van der Waals surface area contributed by atoms with Crippen molar-refractivity contribution in [2.45, 2.75) is 0 Å². The number of carbonyl (C=O) groups excluding carboxylic acids is 1. The van der Waals surface area contributed by atoms with Gasteiger partial charge in [-0.1, -0.05) is 12.2 Å². The minimum atomic E-state index is -1.02. The van der Waals surface area contributed by atoms with Gasteiger partial charge in [-0.3, -0.25) is 14.5 Å². The van der Waals surface area contributed by atoms with Crippen LogP contribution in [0, 0.1) is 0 Å². The van der Waals surface area contributed by atoms with Crippen molar-refractivity contribution in [2.24, 2.45) is 0 Å². The largest absolute Gasteiger partial charge is 0.480 e. The zero-order valence-corrected chi connectivity index (χ0v) is 7.19. The maximum Gasteiger partial charge on any atom is 0.322 e. The monoisotopic (exact) mass is 184 g/mol. The zero-order valence-electron chi connectivity index (χ0n) is 7.19. The molecule has 1 aliphatic heterocycles. The van der Waals surface area contributed by atoms with Crippen LogP contribution in [0.5, 0.6) is 0 Å². The lowest BCUT2D eigenvalue weighted by Gasteiger charge is -2.13. The van der Waals surface area contributed by atoms with Crippen molar-refractivity contribution in [3.8, 4) is 0 Å². The third kappa shape index (κ3) is 3.71. The van der Waals surface area contributed by atoms with Crippen molar-refractivity contribution < 1.29 is 14.7 Å². The van der Waals surface area contributed by atoms with Crippen molar-refractivity contribution in [1.82, 2.24) is 10.2 Å². The normalized spacial score (nSPS) is 16.0. The first kappa shape index (κ1) is 9.73. The summed E-state index contributed by atoms with van der Waals surface area (Å²) in [5.74, 6) is -1.26. The van der Waals surface area contributed by atoms with E-state index in [2.05, 4.69) is 5.32 Å². The van der Waals surface area contributed by atoms with Crippen LogP contribution >= 0.6 is 0 Å². The number of hydrogen-bond acceptors (Lipinski definition) is 3. The summed E-state index contributed by atoms with van der Waals surface area (Å²) in [6.07, 6.45) is 3.95. The minimum absolute atomic E-state index is 0.244. The van der Waals surface area contributed by atoms with Gasteiger partial charge in [0.2, 0.25) is 5.91 Å². The molecule has 1 heterocycles. The Kier molecular flexibility index (Phi) is 3.45. The fourth-order valence-electron chi connectivity index (χ4n) is 1.08. The third-order valence-corrected chi connectivity index (χ3v) is 1.70. The first-order chi connectivity index (χ1) is 6.18. The summed E-state index contributed by atoms with van der Waals surface area (Å²) in [6.45, 7) is 1.49. The van der Waals surface area contributed by atoms with Gasteiger partial charge in [0.25, 0.3) is 0 Å². The van der Waals surface area contributed by atoms with E-state index in [1.165, 1.54) is 0 Å². The molecular formula is C8H12N2O3. The first-order valence-corrected chi connectivity index (χ1v) is 4.04. The number of nitrogens with one attached hydrogen (secondary N) is 1. The van der Waals surface area contributed by atoms with Gasteiger partial charge in [-0.05, 0) is 0 Å². The van der Waals surface area contributed by atoms with E-state index in [1.807, 2.05) is 17.1 Å². The Labute approximate surface area is 76.0 Å². The fourth-order valence-corrected chi connectivity index (χ4v) is 1.08. The van der Waals surface area contributed by atoms with Gasteiger partial charge in [0.05, 0.1) is 6.54 Å². The lowest BCUT2D eigenvalue weighted by Crippen LogP contribution is -2.38. The summed E-state index contributed by atoms with van der Waals surface area (Å²) >= 11 is 0. The Morgan fingerprint density at radius 1 is 1.38 bits per heavy atom. The zero-order chi connectivity index (χ0) is 9.68. The standard InChI is InChI=1S/C8H12N2O3/c11-7(9-5-8(12)13)6-10-3-1-2-4-10/h1-2H,3-6H2,(H,9,11)(H,12,13). The van der Waals surface area contributed by atoms with Gasteiger partial charge in [-0.15, -0.1) is 0 Å². The number of rotatable bonds is 4. The van der Waals surface area contributed by atoms with E-state index in [1.54, 1.807) is 0 Å². The van der Waals surface area contributed by atoms with Crippen LogP contribution in [0.3, 0.4) is 0 Å². The molecule has 0 saturated carbocycles. The highest BCUT2D eigenvalue weighted by Gasteiger charge is 2.11. The van der Waals surface area contributed by atoms with Crippen LogP contribution in [0.2, 0.25) is 0 Å². The van der Waals surface area contributed by atoms with E-state index < -0.39 is 5.97 Å². The SMILES string of the molecule is O=C(O)CNC(=O)CN1CC=CC1. The van der Waals surface area contributed by atoms with E-state index in [9.17, 15) is 9.59 Å². The number of carboxylic acid groups (broad SMARTS) is 1. The smallest absolute Gasteiger partial charge is 0.322 e. The van der Waals surface area contributed by atoms with E-state index in [-0.39, 0.29) is 19.0 Å². The van der Waals surface area contributed by atoms with Crippen molar-refractivity contribution in [3.63, 3.8) is 0 Å². The van der Waals surface area contributed by atoms with E-state index in [0.717, 1.165) is 13.1 Å². The summed E-state index contributed by atoms with van der Waals surface area (Å²) in [7, 11) is 0. The second-order valence-corrected chi connectivity index (χ2v) is 2.84. The molecule has 5 nitrogen and oxygen atoms in total. The predicted molar refractivity (Wildman–Crippen MR) is 46.2 cm³/mol. The molecule has 1 amide bonds. The van der Waals surface area contributed by atoms with Crippen LogP contribution in [0.25, 0.3) is 0 Å². The summed E-state index contributed by atoms with van der Waals surface area (Å²) in [5, 5.41) is 10.6. The highest BCUT2D eigenvalue weighted by Crippen LogP contribution is 1.96. The quantitative estimate of drug-likeness (QED) is 0.553. The van der Waals surface area contributed by atoms with Gasteiger partial charge >= 0.3 is 5.97 Å². The Morgan fingerprint density at radius 3 is 2.54 bits per heavy atom. The highest BCUT2D eigenvalue weighted by atomic mass is 16.4. The number of carbonyl (C=O) groups is 2. The molecule has 0 spiro atoms. The van der Waals surface area contributed by atoms with Crippen molar-refractivity contribution in [3.05, 3.63) is 12.2 Å². The number of nitrogens with zero attached hydrogens (tertiary/aromatic N) is 1. The van der Waals surface area contributed by atoms with Crippen molar-refractivity contribution in [2.75, 3.05) is 26.2 Å². The van der Waals surface area contributed by atoms with Crippen LogP contribution in [0.4, 0.5) is 0 Å². The molecule has 0 aliphatic carbocycles. The van der Waals surface area contributed by atoms with Crippen molar-refractivity contribution >= 4 is 11.9 Å². The molecule has 2 N–H and O–H groups in total. The topological polar surface area (TPSA) is 69.6 Å². The molecule has 1 aliphatic rings. The van der Waals surface area contributed by atoms with E-state index in [4.69, 9.17) is 5.11 Å². The Hall–Kier alpha value is -1.36. The third-order valence-electron chi connectivity index (χ3n) is 1.70. The molecule has 72 valence electrons. The molecule has 0 aromatic rings. The van der Waals surface area contributed by atoms with Gasteiger partial charge in [0, 0.05) is 13.1 Å². The molecule has 0 bridgehead atoms. The Morgan fingerprint density at radius 2 is 2.00 bits per heavy atom. The maximum absolute atomic E-state index is 11.1. The lowest BCUT2D eigenvalue weighted by molar-refractivity contribution is -0.138. The number of hydrogen-bond donors (Lipinski definition) is 2. The van der Waals surface area contributed by atoms with Crippen molar-refractivity contribution in [1.29, 1.82) is 0 Å². The van der Waals surface area contributed by atoms with Crippen LogP contribution in [0.15, 0.2) is 12.2 Å². The van der Waals surface area contributed by atoms with Gasteiger partial charge in [0.1, 0.15) is 6.54 Å². The van der Waals surface area contributed by atoms with Crippen LogP contribution in [-0.4, -0.2) is 48.1 Å². The average molecular weight is 184 g/mol. The molecular weight excluding hydrogens is 172 g/mol. The molecule has 0 aromatic heterocycles. The second-order valence-electron chi connectivity index (χ2n) is 2.84. The lowest BCUT2D eigenvalue weighted by atomic mass is 10.5. The van der Waals surface area contributed by atoms with E-state index >= 15 is 0 Å². The number of amides is 1. The molecule has 0 fully saturated rings. The van der Waals surface area contributed by atoms with Crippen LogP contribution < -0.4 is 5.32 Å². The van der Waals surface area contributed by atoms with Crippen LogP contribution in [-0.2, 0) is 9.59 Å². The molecule has 1 rings (SSSR count). The first-order valence-electron chi connectivity index (χ1n) is 4.04. The fraction of sp³-hybridized carbons (Fsp3) is 0.500. The Balaban J connectivity index is 2.14. The molecule has 0 radical (unpaired) electrons. The minimum Gasteiger partial charge on any atom is -0.480 e. The molecule has 0 aromatic carbocycles. The maximum atomic E-state index is 11.1. The molecule has 0 saturated heterocycles. The van der Waals surface area contributed by atoms with Gasteiger partial charge in [-0.2, -0.15) is 0 Å². The average Bonchev–Trinajstić information content (AvgIpc) is 2.53. The van der Waals surface area contributed by atoms with E-state index in [0.29, 0.717) is 0 Å². The summed E-state index contributed by atoms with van der Waals surface area (Å²) in [6, 6.07) is 0. The molecule has 0 atom stereocenters. The highest BCUT2D eigenvalue weighted by molar-refractivity contribution is 5.82. The summed E-state index contributed by atoms with van der Waals surface area (Å²) < 4.78 is 0. The summed E-state index contributed by atoms with van der Waals surface area (Å²) in [4.78, 5) is 23.1. The number of carboxylic acids is 1. The van der Waals surface area contributed by atoms with Crippen LogP contribution in [0.1, 0.15) is 0 Å². The molecule has 5 heteroatoms. The predicted octanol–water partition coefficient (Wildman–Crippen LogP) is -0.941. The molecule has 13 heavy (non-hydrogen) atoms. The van der Waals surface area contributed by atoms with Gasteiger partial charge in [-0.25, -0.2) is 0 Å². The van der Waals surface area contributed by atoms with Gasteiger partial charge < -0.3 is 10.4 Å². The number of aliphatic carboxylic acids is 1. The summed E-state index contributed by atoms with van der Waals surface area (Å²) in [5.41, 5.74) is 0.